The number of hydrogen-bond acceptors (Lipinski definition) is 1. The van der Waals surface area contributed by atoms with Crippen LogP contribution < -0.4 is 5.32 Å². The molecular formula is C16H31N. The molecule has 1 fully saturated rings. The molecule has 0 aromatic rings. The molecule has 0 spiro atoms. The fourth-order valence-electron chi connectivity index (χ4n) is 2.65. The molecule has 0 atom stereocenters. The third-order valence-electron chi connectivity index (χ3n) is 3.92. The van der Waals surface area contributed by atoms with Crippen molar-refractivity contribution in [3.05, 3.63) is 12.2 Å². The summed E-state index contributed by atoms with van der Waals surface area (Å²) in [6, 6.07) is 0. The van der Waals surface area contributed by atoms with Crippen molar-refractivity contribution in [3.63, 3.8) is 0 Å². The Hall–Kier alpha value is -0.300. The molecule has 0 aromatic carbocycles. The van der Waals surface area contributed by atoms with Gasteiger partial charge in [0.05, 0.1) is 0 Å². The van der Waals surface area contributed by atoms with Crippen molar-refractivity contribution < 1.29 is 0 Å². The molecule has 1 heteroatoms. The molecule has 1 aliphatic rings. The van der Waals surface area contributed by atoms with Crippen LogP contribution in [0.2, 0.25) is 0 Å². The van der Waals surface area contributed by atoms with Crippen molar-refractivity contribution in [2.24, 2.45) is 17.8 Å². The Morgan fingerprint density at radius 1 is 1.18 bits per heavy atom. The molecule has 1 N–H and O–H groups in total. The van der Waals surface area contributed by atoms with Crippen LogP contribution in [0, 0.1) is 17.8 Å². The van der Waals surface area contributed by atoms with Crippen LogP contribution in [-0.2, 0) is 0 Å². The van der Waals surface area contributed by atoms with Crippen LogP contribution in [0.4, 0.5) is 0 Å². The van der Waals surface area contributed by atoms with Crippen molar-refractivity contribution in [3.8, 4) is 0 Å². The van der Waals surface area contributed by atoms with Gasteiger partial charge >= 0.3 is 0 Å². The SMILES string of the molecule is CCC1CCC(C=CCCNCC(C)C)CC1. The molecule has 0 bridgehead atoms. The Bertz CT molecular complexity index is 200. The average Bonchev–Trinajstić information content (AvgIpc) is 2.34. The minimum Gasteiger partial charge on any atom is -0.316 e. The summed E-state index contributed by atoms with van der Waals surface area (Å²) in [6.45, 7) is 9.14. The second-order valence-electron chi connectivity index (χ2n) is 6.00. The molecule has 17 heavy (non-hydrogen) atoms. The molecule has 1 aliphatic carbocycles. The lowest BCUT2D eigenvalue weighted by Gasteiger charge is -2.25. The number of rotatable bonds is 7. The highest BCUT2D eigenvalue weighted by atomic mass is 14.8. The molecule has 1 nitrogen and oxygen atoms in total. The van der Waals surface area contributed by atoms with Crippen LogP contribution in [-0.4, -0.2) is 13.1 Å². The molecule has 0 unspecified atom stereocenters. The summed E-state index contributed by atoms with van der Waals surface area (Å²) in [6.07, 6.45) is 13.2. The molecule has 0 aromatic heterocycles. The van der Waals surface area contributed by atoms with Crippen LogP contribution in [0.5, 0.6) is 0 Å². The van der Waals surface area contributed by atoms with Gasteiger partial charge in [-0.2, -0.15) is 0 Å². The van der Waals surface area contributed by atoms with Gasteiger partial charge in [-0.1, -0.05) is 39.3 Å². The summed E-state index contributed by atoms with van der Waals surface area (Å²) in [5.41, 5.74) is 0. The lowest BCUT2D eigenvalue weighted by atomic mass is 9.81. The second-order valence-corrected chi connectivity index (χ2v) is 6.00. The van der Waals surface area contributed by atoms with Crippen molar-refractivity contribution in [1.82, 2.24) is 5.32 Å². The second kappa shape index (κ2) is 8.74. The fourth-order valence-corrected chi connectivity index (χ4v) is 2.65. The first-order chi connectivity index (χ1) is 8.22. The molecular weight excluding hydrogens is 206 g/mol. The van der Waals surface area contributed by atoms with Crippen molar-refractivity contribution in [2.75, 3.05) is 13.1 Å². The minimum absolute atomic E-state index is 0.767. The maximum absolute atomic E-state index is 3.49. The van der Waals surface area contributed by atoms with E-state index in [0.717, 1.165) is 30.8 Å². The van der Waals surface area contributed by atoms with Crippen molar-refractivity contribution in [1.29, 1.82) is 0 Å². The first kappa shape index (κ1) is 14.8. The van der Waals surface area contributed by atoms with E-state index in [4.69, 9.17) is 0 Å². The van der Waals surface area contributed by atoms with Gasteiger partial charge in [-0.15, -0.1) is 0 Å². The Morgan fingerprint density at radius 2 is 1.88 bits per heavy atom. The predicted octanol–water partition coefficient (Wildman–Crippen LogP) is 4.39. The largest absolute Gasteiger partial charge is 0.316 e. The molecule has 0 amide bonds. The van der Waals surface area contributed by atoms with E-state index in [-0.39, 0.29) is 0 Å². The predicted molar refractivity (Wildman–Crippen MR) is 77.2 cm³/mol. The van der Waals surface area contributed by atoms with Crippen LogP contribution >= 0.6 is 0 Å². The zero-order valence-electron chi connectivity index (χ0n) is 12.0. The van der Waals surface area contributed by atoms with E-state index in [1.54, 1.807) is 0 Å². The molecule has 1 saturated carbocycles. The molecule has 100 valence electrons. The topological polar surface area (TPSA) is 12.0 Å². The van der Waals surface area contributed by atoms with Gasteiger partial charge in [-0.25, -0.2) is 0 Å². The molecule has 1 rings (SSSR count). The van der Waals surface area contributed by atoms with Crippen molar-refractivity contribution >= 4 is 0 Å². The maximum atomic E-state index is 3.49. The quantitative estimate of drug-likeness (QED) is 0.511. The first-order valence-corrected chi connectivity index (χ1v) is 7.59. The standard InChI is InChI=1S/C16H31N/c1-4-15-8-10-16(11-9-15)7-5-6-12-17-13-14(2)3/h5,7,14-17H,4,6,8-13H2,1-3H3. The highest BCUT2D eigenvalue weighted by molar-refractivity contribution is 4.91. The van der Waals surface area contributed by atoms with Gasteiger partial charge in [0.15, 0.2) is 0 Å². The fraction of sp³-hybridized carbons (Fsp3) is 0.875. The third-order valence-corrected chi connectivity index (χ3v) is 3.92. The van der Waals surface area contributed by atoms with E-state index in [2.05, 4.69) is 38.2 Å². The van der Waals surface area contributed by atoms with Crippen LogP contribution in [0.1, 0.15) is 59.3 Å². The van der Waals surface area contributed by atoms with Gasteiger partial charge in [-0.3, -0.25) is 0 Å². The third kappa shape index (κ3) is 6.88. The van der Waals surface area contributed by atoms with Gasteiger partial charge in [0.25, 0.3) is 0 Å². The average molecular weight is 237 g/mol. The molecule has 0 radical (unpaired) electrons. The summed E-state index contributed by atoms with van der Waals surface area (Å²) in [7, 11) is 0. The van der Waals surface area contributed by atoms with Gasteiger partial charge in [0.1, 0.15) is 0 Å². The van der Waals surface area contributed by atoms with E-state index < -0.39 is 0 Å². The number of allylic oxidation sites excluding steroid dienone is 1. The Morgan fingerprint density at radius 3 is 2.47 bits per heavy atom. The summed E-state index contributed by atoms with van der Waals surface area (Å²) in [5.74, 6) is 2.67. The molecule has 0 heterocycles. The summed E-state index contributed by atoms with van der Waals surface area (Å²) < 4.78 is 0. The normalized spacial score (nSPS) is 25.9. The Kier molecular flexibility index (Phi) is 7.59. The van der Waals surface area contributed by atoms with Gasteiger partial charge in [0, 0.05) is 0 Å². The Labute approximate surface area is 108 Å². The van der Waals surface area contributed by atoms with Crippen molar-refractivity contribution in [2.45, 2.75) is 59.3 Å². The van der Waals surface area contributed by atoms with Gasteiger partial charge in [0.2, 0.25) is 0 Å². The highest BCUT2D eigenvalue weighted by Crippen LogP contribution is 2.31. The van der Waals surface area contributed by atoms with Crippen LogP contribution in [0.3, 0.4) is 0 Å². The van der Waals surface area contributed by atoms with Gasteiger partial charge < -0.3 is 5.32 Å². The van der Waals surface area contributed by atoms with Crippen LogP contribution in [0.25, 0.3) is 0 Å². The van der Waals surface area contributed by atoms with E-state index in [1.165, 1.54) is 38.5 Å². The van der Waals surface area contributed by atoms with E-state index in [9.17, 15) is 0 Å². The number of nitrogens with one attached hydrogen (secondary N) is 1. The Balaban J connectivity index is 2.01. The minimum atomic E-state index is 0.767. The zero-order valence-corrected chi connectivity index (χ0v) is 12.0. The van der Waals surface area contributed by atoms with E-state index in [0.29, 0.717) is 0 Å². The maximum Gasteiger partial charge on any atom is -0.00142 e. The summed E-state index contributed by atoms with van der Waals surface area (Å²) >= 11 is 0. The number of hydrogen-bond donors (Lipinski definition) is 1. The summed E-state index contributed by atoms with van der Waals surface area (Å²) in [4.78, 5) is 0. The molecule has 0 saturated heterocycles. The van der Waals surface area contributed by atoms with E-state index in [1.807, 2.05) is 0 Å². The molecule has 0 aliphatic heterocycles. The van der Waals surface area contributed by atoms with Crippen LogP contribution in [0.15, 0.2) is 12.2 Å². The highest BCUT2D eigenvalue weighted by Gasteiger charge is 2.17. The first-order valence-electron chi connectivity index (χ1n) is 7.59. The van der Waals surface area contributed by atoms with Gasteiger partial charge in [-0.05, 0) is 62.9 Å². The smallest absolute Gasteiger partial charge is 0.00142 e. The monoisotopic (exact) mass is 237 g/mol. The van der Waals surface area contributed by atoms with E-state index >= 15 is 0 Å². The zero-order chi connectivity index (χ0) is 12.5. The summed E-state index contributed by atoms with van der Waals surface area (Å²) in [5, 5.41) is 3.49. The lowest BCUT2D eigenvalue weighted by molar-refractivity contribution is 0.303. The lowest BCUT2D eigenvalue weighted by Crippen LogP contribution is -2.20.